The van der Waals surface area contributed by atoms with Crippen molar-refractivity contribution in [2.45, 2.75) is 51.3 Å². The first-order valence-corrected chi connectivity index (χ1v) is 12.0. The Balaban J connectivity index is 2.41. The van der Waals surface area contributed by atoms with E-state index in [1.165, 1.54) is 19.1 Å². The van der Waals surface area contributed by atoms with Crippen molar-refractivity contribution >= 4 is 55.1 Å². The van der Waals surface area contributed by atoms with Gasteiger partial charge < -0.3 is 5.32 Å². The molecule has 0 unspecified atom stereocenters. The third-order valence-corrected chi connectivity index (χ3v) is 6.77. The van der Waals surface area contributed by atoms with Crippen molar-refractivity contribution < 1.29 is 18.0 Å². The molecule has 0 spiro atoms. The summed E-state index contributed by atoms with van der Waals surface area (Å²) in [6, 6.07) is 6.77. The van der Waals surface area contributed by atoms with Gasteiger partial charge in [0.15, 0.2) is 5.78 Å². The summed E-state index contributed by atoms with van der Waals surface area (Å²) in [5.74, 6) is -0.132. The number of ketones is 1. The van der Waals surface area contributed by atoms with Crippen LogP contribution in [-0.4, -0.2) is 20.2 Å². The average molecular weight is 516 g/mol. The molecule has 0 aliphatic carbocycles. The molecule has 6 nitrogen and oxygen atoms in total. The molecule has 0 aliphatic heterocycles. The number of benzene rings is 2. The van der Waals surface area contributed by atoms with Crippen LogP contribution in [0.15, 0.2) is 39.7 Å². The van der Waals surface area contributed by atoms with Gasteiger partial charge in [0.2, 0.25) is 0 Å². The molecule has 30 heavy (non-hydrogen) atoms. The highest BCUT2D eigenvalue weighted by atomic mass is 79.9. The van der Waals surface area contributed by atoms with Crippen LogP contribution >= 0.6 is 27.5 Å². The SMILES string of the molecule is CC(=O)c1ccc(Cl)c(S(=O)(=O)NC(=O)Nc2c(C(C)C)cc(Br)cc2C(C)C)c1. The number of halogens is 2. The van der Waals surface area contributed by atoms with Crippen LogP contribution in [0.3, 0.4) is 0 Å². The molecule has 2 aromatic rings. The number of sulfonamides is 1. The van der Waals surface area contributed by atoms with Crippen LogP contribution in [-0.2, 0) is 10.0 Å². The van der Waals surface area contributed by atoms with Gasteiger partial charge in [-0.05, 0) is 60.2 Å². The van der Waals surface area contributed by atoms with E-state index in [1.54, 1.807) is 0 Å². The van der Waals surface area contributed by atoms with Crippen molar-refractivity contribution in [3.63, 3.8) is 0 Å². The van der Waals surface area contributed by atoms with E-state index in [0.717, 1.165) is 21.7 Å². The molecule has 2 aromatic carbocycles. The normalized spacial score (nSPS) is 11.6. The van der Waals surface area contributed by atoms with Crippen molar-refractivity contribution in [2.75, 3.05) is 5.32 Å². The number of Topliss-reactive ketones (excluding diaryl/α,β-unsaturated/α-hetero) is 1. The van der Waals surface area contributed by atoms with Crippen LogP contribution in [0.5, 0.6) is 0 Å². The summed E-state index contributed by atoms with van der Waals surface area (Å²) in [6.07, 6.45) is 0. The summed E-state index contributed by atoms with van der Waals surface area (Å²) >= 11 is 9.50. The van der Waals surface area contributed by atoms with E-state index < -0.39 is 16.1 Å². The van der Waals surface area contributed by atoms with Gasteiger partial charge >= 0.3 is 6.03 Å². The van der Waals surface area contributed by atoms with E-state index in [1.807, 2.05) is 44.5 Å². The highest BCUT2D eigenvalue weighted by Gasteiger charge is 2.24. The maximum Gasteiger partial charge on any atom is 0.333 e. The maximum atomic E-state index is 12.7. The van der Waals surface area contributed by atoms with E-state index in [-0.39, 0.29) is 33.1 Å². The minimum atomic E-state index is -4.30. The Morgan fingerprint density at radius 2 is 1.53 bits per heavy atom. The van der Waals surface area contributed by atoms with Crippen molar-refractivity contribution in [3.05, 3.63) is 56.5 Å². The van der Waals surface area contributed by atoms with Crippen LogP contribution < -0.4 is 10.0 Å². The lowest BCUT2D eigenvalue weighted by Gasteiger charge is -2.21. The van der Waals surface area contributed by atoms with Crippen LogP contribution in [0, 0.1) is 0 Å². The van der Waals surface area contributed by atoms with Gasteiger partial charge in [-0.25, -0.2) is 17.9 Å². The summed E-state index contributed by atoms with van der Waals surface area (Å²) in [7, 11) is -4.30. The fraction of sp³-hybridized carbons (Fsp3) is 0.333. The summed E-state index contributed by atoms with van der Waals surface area (Å²) in [6.45, 7) is 9.25. The molecule has 2 rings (SSSR count). The molecule has 0 heterocycles. The van der Waals surface area contributed by atoms with Crippen molar-refractivity contribution in [2.24, 2.45) is 0 Å². The minimum Gasteiger partial charge on any atom is -0.307 e. The average Bonchev–Trinajstić information content (AvgIpc) is 2.61. The highest BCUT2D eigenvalue weighted by molar-refractivity contribution is 9.10. The Kier molecular flexibility index (Phi) is 7.71. The second-order valence-corrected chi connectivity index (χ2v) is 10.5. The lowest BCUT2D eigenvalue weighted by Crippen LogP contribution is -2.35. The van der Waals surface area contributed by atoms with Crippen molar-refractivity contribution in [1.29, 1.82) is 0 Å². The number of nitrogens with one attached hydrogen (secondary N) is 2. The molecular weight excluding hydrogens is 492 g/mol. The molecule has 2 amide bonds. The third kappa shape index (κ3) is 5.62. The Morgan fingerprint density at radius 1 is 1.00 bits per heavy atom. The molecule has 0 bridgehead atoms. The summed E-state index contributed by atoms with van der Waals surface area (Å²) in [5, 5.41) is 2.60. The van der Waals surface area contributed by atoms with Crippen molar-refractivity contribution in [3.8, 4) is 0 Å². The van der Waals surface area contributed by atoms with Crippen molar-refractivity contribution in [1.82, 2.24) is 4.72 Å². The lowest BCUT2D eigenvalue weighted by atomic mass is 9.93. The molecule has 162 valence electrons. The number of rotatable bonds is 6. The van der Waals surface area contributed by atoms with Crippen LogP contribution in [0.25, 0.3) is 0 Å². The predicted molar refractivity (Wildman–Crippen MR) is 123 cm³/mol. The Morgan fingerprint density at radius 3 is 2.00 bits per heavy atom. The molecule has 0 saturated carbocycles. The zero-order chi connectivity index (χ0) is 22.8. The maximum absolute atomic E-state index is 12.7. The molecule has 2 N–H and O–H groups in total. The number of hydrogen-bond acceptors (Lipinski definition) is 4. The van der Waals surface area contributed by atoms with Gasteiger partial charge in [0.1, 0.15) is 4.90 Å². The van der Waals surface area contributed by atoms with Gasteiger partial charge in [-0.3, -0.25) is 4.79 Å². The Hall–Kier alpha value is -1.90. The lowest BCUT2D eigenvalue weighted by molar-refractivity contribution is 0.101. The summed E-state index contributed by atoms with van der Waals surface area (Å²) in [5.41, 5.74) is 2.49. The van der Waals surface area contributed by atoms with Crippen LogP contribution in [0.1, 0.15) is 67.9 Å². The zero-order valence-corrected chi connectivity index (χ0v) is 20.5. The number of carbonyl (C=O) groups is 2. The molecule has 0 fully saturated rings. The topological polar surface area (TPSA) is 92.3 Å². The number of anilines is 1. The fourth-order valence-electron chi connectivity index (χ4n) is 2.95. The molecule has 0 aliphatic rings. The predicted octanol–water partition coefficient (Wildman–Crippen LogP) is 6.06. The minimum absolute atomic E-state index is 0.0883. The first-order valence-electron chi connectivity index (χ1n) is 9.31. The van der Waals surface area contributed by atoms with Gasteiger partial charge in [-0.15, -0.1) is 0 Å². The second kappa shape index (κ2) is 9.49. The monoisotopic (exact) mass is 514 g/mol. The van der Waals surface area contributed by atoms with E-state index in [2.05, 4.69) is 21.2 Å². The summed E-state index contributed by atoms with van der Waals surface area (Å²) in [4.78, 5) is 23.9. The smallest absolute Gasteiger partial charge is 0.307 e. The van der Waals surface area contributed by atoms with E-state index in [9.17, 15) is 18.0 Å². The quantitative estimate of drug-likeness (QED) is 0.457. The van der Waals surface area contributed by atoms with Gasteiger partial charge in [-0.2, -0.15) is 0 Å². The first kappa shape index (κ1) is 24.4. The Labute approximate surface area is 190 Å². The van der Waals surface area contributed by atoms with Gasteiger partial charge in [0, 0.05) is 15.7 Å². The molecule has 0 saturated heterocycles. The Bertz CT molecular complexity index is 1070. The van der Waals surface area contributed by atoms with E-state index in [4.69, 9.17) is 11.6 Å². The molecule has 9 heteroatoms. The number of hydrogen-bond donors (Lipinski definition) is 2. The third-order valence-electron chi connectivity index (χ3n) is 4.50. The fourth-order valence-corrected chi connectivity index (χ4v) is 4.88. The largest absolute Gasteiger partial charge is 0.333 e. The van der Waals surface area contributed by atoms with Gasteiger partial charge in [0.25, 0.3) is 10.0 Å². The highest BCUT2D eigenvalue weighted by Crippen LogP contribution is 2.35. The number of amides is 2. The van der Waals surface area contributed by atoms with Gasteiger partial charge in [0.05, 0.1) is 5.02 Å². The van der Waals surface area contributed by atoms with Crippen LogP contribution in [0.4, 0.5) is 10.5 Å². The van der Waals surface area contributed by atoms with E-state index in [0.29, 0.717) is 5.69 Å². The number of carbonyl (C=O) groups excluding carboxylic acids is 2. The molecule has 0 aromatic heterocycles. The standard InChI is InChI=1S/C21H24BrClN2O4S/c1-11(2)16-9-15(22)10-17(12(3)4)20(16)24-21(27)25-30(28,29)19-8-14(13(5)26)6-7-18(19)23/h6-12H,1-5H3,(H2,24,25,27). The summed E-state index contributed by atoms with van der Waals surface area (Å²) < 4.78 is 28.4. The second-order valence-electron chi connectivity index (χ2n) is 7.53. The van der Waals surface area contributed by atoms with Gasteiger partial charge in [-0.1, -0.05) is 55.2 Å². The van der Waals surface area contributed by atoms with E-state index >= 15 is 0 Å². The first-order chi connectivity index (χ1) is 13.8. The number of urea groups is 1. The molecular formula is C21H24BrClN2O4S. The molecule has 0 radical (unpaired) electrons. The van der Waals surface area contributed by atoms with Crippen LogP contribution in [0.2, 0.25) is 5.02 Å². The zero-order valence-electron chi connectivity index (χ0n) is 17.3. The molecule has 0 atom stereocenters.